The molecule has 0 aliphatic heterocycles. The molecule has 1 heterocycles. The van der Waals surface area contributed by atoms with Crippen molar-refractivity contribution in [2.24, 2.45) is 0 Å². The molecule has 6 nitrogen and oxygen atoms in total. The zero-order chi connectivity index (χ0) is 14.4. The summed E-state index contributed by atoms with van der Waals surface area (Å²) >= 11 is 3.52. The fraction of sp³-hybridized carbons (Fsp3) is 0.385. The second-order valence-electron chi connectivity index (χ2n) is 3.97. The van der Waals surface area contributed by atoms with Crippen molar-refractivity contribution in [1.29, 1.82) is 0 Å². The lowest BCUT2D eigenvalue weighted by Crippen LogP contribution is -2.12. The van der Waals surface area contributed by atoms with E-state index >= 15 is 0 Å². The van der Waals surface area contributed by atoms with Crippen molar-refractivity contribution in [3.8, 4) is 11.5 Å². The molecule has 1 N–H and O–H groups in total. The number of hydrogen-bond acceptors (Lipinski definition) is 5. The van der Waals surface area contributed by atoms with Crippen LogP contribution in [0, 0.1) is 0 Å². The highest BCUT2D eigenvalue weighted by Crippen LogP contribution is 2.36. The summed E-state index contributed by atoms with van der Waals surface area (Å²) < 4.78 is 13.8. The Morgan fingerprint density at radius 1 is 1.15 bits per heavy atom. The third-order valence-corrected chi connectivity index (χ3v) is 3.13. The monoisotopic (exact) mass is 340 g/mol. The van der Waals surface area contributed by atoms with Gasteiger partial charge in [-0.15, -0.1) is 10.2 Å². The van der Waals surface area contributed by atoms with E-state index in [1.807, 2.05) is 26.0 Å². The average molecular weight is 341 g/mol. The third kappa shape index (κ3) is 3.63. The van der Waals surface area contributed by atoms with Crippen LogP contribution in [0.2, 0.25) is 0 Å². The number of halogens is 1. The average Bonchev–Trinajstić information content (AvgIpc) is 2.94. The predicted molar refractivity (Wildman–Crippen MR) is 79.6 cm³/mol. The largest absolute Gasteiger partial charge is 0.490 e. The Morgan fingerprint density at radius 3 is 2.50 bits per heavy atom. The Morgan fingerprint density at radius 2 is 1.85 bits per heavy atom. The quantitative estimate of drug-likeness (QED) is 0.839. The summed E-state index contributed by atoms with van der Waals surface area (Å²) in [4.78, 5) is 0. The molecule has 108 valence electrons. The van der Waals surface area contributed by atoms with E-state index in [1.54, 1.807) is 17.3 Å². The minimum Gasteiger partial charge on any atom is -0.490 e. The molecule has 1 aromatic carbocycles. The number of aromatic nitrogens is 3. The van der Waals surface area contributed by atoms with Gasteiger partial charge >= 0.3 is 0 Å². The van der Waals surface area contributed by atoms with Crippen molar-refractivity contribution in [2.45, 2.75) is 20.4 Å². The summed E-state index contributed by atoms with van der Waals surface area (Å²) in [6, 6.07) is 3.97. The first-order chi connectivity index (χ1) is 9.74. The number of nitrogens with zero attached hydrogens (tertiary/aromatic N) is 3. The number of ether oxygens (including phenoxy) is 2. The topological polar surface area (TPSA) is 61.2 Å². The van der Waals surface area contributed by atoms with Crippen LogP contribution in [0.25, 0.3) is 0 Å². The predicted octanol–water partition coefficient (Wildman–Crippen LogP) is 2.58. The van der Waals surface area contributed by atoms with Crippen molar-refractivity contribution in [2.75, 3.05) is 18.6 Å². The summed E-state index contributed by atoms with van der Waals surface area (Å²) in [5.74, 6) is 1.48. The van der Waals surface area contributed by atoms with Gasteiger partial charge in [0.1, 0.15) is 12.7 Å². The van der Waals surface area contributed by atoms with Gasteiger partial charge in [0.05, 0.1) is 24.2 Å². The van der Waals surface area contributed by atoms with Gasteiger partial charge in [-0.1, -0.05) is 0 Å². The number of benzene rings is 1. The highest BCUT2D eigenvalue weighted by Gasteiger charge is 2.11. The molecule has 0 atom stereocenters. The van der Waals surface area contributed by atoms with Gasteiger partial charge in [-0.25, -0.2) is 4.68 Å². The lowest BCUT2D eigenvalue weighted by Gasteiger charge is -2.15. The Balaban J connectivity index is 2.16. The molecule has 2 rings (SSSR count). The van der Waals surface area contributed by atoms with E-state index in [4.69, 9.17) is 9.47 Å². The van der Waals surface area contributed by atoms with E-state index in [0.717, 1.165) is 21.5 Å². The Bertz CT molecular complexity index is 546. The van der Waals surface area contributed by atoms with Gasteiger partial charge in [-0.2, -0.15) is 0 Å². The summed E-state index contributed by atoms with van der Waals surface area (Å²) in [5, 5.41) is 7.47. The normalized spacial score (nSPS) is 10.3. The second-order valence-corrected chi connectivity index (χ2v) is 4.83. The molecule has 1 aromatic heterocycles. The maximum absolute atomic E-state index is 5.63. The summed E-state index contributed by atoms with van der Waals surface area (Å²) in [6.07, 6.45) is 3.21. The molecule has 0 radical (unpaired) electrons. The molecule has 2 aromatic rings. The Kier molecular flexibility index (Phi) is 5.23. The minimum atomic E-state index is 0.592. The minimum absolute atomic E-state index is 0.592. The van der Waals surface area contributed by atoms with E-state index in [1.165, 1.54) is 0 Å². The van der Waals surface area contributed by atoms with Crippen LogP contribution in [0.3, 0.4) is 0 Å². The van der Waals surface area contributed by atoms with Gasteiger partial charge in [0.25, 0.3) is 0 Å². The number of rotatable bonds is 7. The SMILES string of the molecule is CCOc1cc(CNn2cnnc2)cc(Br)c1OCC. The zero-order valence-electron chi connectivity index (χ0n) is 11.5. The molecule has 0 saturated carbocycles. The van der Waals surface area contributed by atoms with Crippen LogP contribution in [0.1, 0.15) is 19.4 Å². The first kappa shape index (κ1) is 14.6. The van der Waals surface area contributed by atoms with Crippen molar-refractivity contribution < 1.29 is 9.47 Å². The fourth-order valence-corrected chi connectivity index (χ4v) is 2.34. The summed E-state index contributed by atoms with van der Waals surface area (Å²) in [5.41, 5.74) is 4.23. The van der Waals surface area contributed by atoms with Gasteiger partial charge in [0, 0.05) is 0 Å². The van der Waals surface area contributed by atoms with E-state index in [0.29, 0.717) is 19.8 Å². The number of nitrogens with one attached hydrogen (secondary N) is 1. The summed E-state index contributed by atoms with van der Waals surface area (Å²) in [7, 11) is 0. The van der Waals surface area contributed by atoms with Crippen LogP contribution in [0.5, 0.6) is 11.5 Å². The van der Waals surface area contributed by atoms with Crippen LogP contribution in [-0.2, 0) is 6.54 Å². The molecule has 0 bridgehead atoms. The first-order valence-corrected chi connectivity index (χ1v) is 7.20. The van der Waals surface area contributed by atoms with Crippen molar-refractivity contribution >= 4 is 15.9 Å². The molecule has 0 fully saturated rings. The van der Waals surface area contributed by atoms with Crippen molar-refractivity contribution in [3.63, 3.8) is 0 Å². The third-order valence-electron chi connectivity index (χ3n) is 2.54. The molecule has 0 aliphatic rings. The standard InChI is InChI=1S/C13H17BrN4O2/c1-3-19-12-6-10(5-11(14)13(12)20-4-2)7-17-18-8-15-16-9-18/h5-6,8-9,17H,3-4,7H2,1-2H3. The van der Waals surface area contributed by atoms with Crippen molar-refractivity contribution in [3.05, 3.63) is 34.8 Å². The highest BCUT2D eigenvalue weighted by molar-refractivity contribution is 9.10. The molecule has 0 unspecified atom stereocenters. The molecule has 0 spiro atoms. The van der Waals surface area contributed by atoms with Crippen LogP contribution in [-0.4, -0.2) is 28.1 Å². The highest BCUT2D eigenvalue weighted by atomic mass is 79.9. The summed E-state index contributed by atoms with van der Waals surface area (Å²) in [6.45, 7) is 5.71. The van der Waals surface area contributed by atoms with Crippen LogP contribution < -0.4 is 14.9 Å². The van der Waals surface area contributed by atoms with Gasteiger partial charge in [-0.05, 0) is 47.5 Å². The first-order valence-electron chi connectivity index (χ1n) is 6.41. The van der Waals surface area contributed by atoms with Crippen molar-refractivity contribution in [1.82, 2.24) is 14.9 Å². The van der Waals surface area contributed by atoms with Gasteiger partial charge in [0.2, 0.25) is 0 Å². The zero-order valence-corrected chi connectivity index (χ0v) is 13.1. The van der Waals surface area contributed by atoms with Gasteiger partial charge < -0.3 is 14.9 Å². The molecule has 0 saturated heterocycles. The molecular formula is C13H17BrN4O2. The molecular weight excluding hydrogens is 324 g/mol. The maximum Gasteiger partial charge on any atom is 0.175 e. The maximum atomic E-state index is 5.63. The van der Waals surface area contributed by atoms with Gasteiger partial charge in [0.15, 0.2) is 11.5 Å². The molecule has 0 amide bonds. The van der Waals surface area contributed by atoms with E-state index < -0.39 is 0 Å². The molecule has 0 aliphatic carbocycles. The van der Waals surface area contributed by atoms with E-state index in [-0.39, 0.29) is 0 Å². The van der Waals surface area contributed by atoms with Crippen LogP contribution in [0.15, 0.2) is 29.3 Å². The molecule has 7 heteroatoms. The number of hydrogen-bond donors (Lipinski definition) is 1. The molecule has 20 heavy (non-hydrogen) atoms. The van der Waals surface area contributed by atoms with Crippen LogP contribution >= 0.6 is 15.9 Å². The lowest BCUT2D eigenvalue weighted by atomic mass is 10.2. The lowest BCUT2D eigenvalue weighted by molar-refractivity contribution is 0.286. The van der Waals surface area contributed by atoms with Crippen LogP contribution in [0.4, 0.5) is 0 Å². The van der Waals surface area contributed by atoms with Gasteiger partial charge in [-0.3, -0.25) is 0 Å². The Hall–Kier alpha value is -1.76. The smallest absolute Gasteiger partial charge is 0.175 e. The second kappa shape index (κ2) is 7.14. The van der Waals surface area contributed by atoms with E-state index in [2.05, 4.69) is 31.6 Å². The Labute approximate surface area is 126 Å². The van der Waals surface area contributed by atoms with E-state index in [9.17, 15) is 0 Å². The fourth-order valence-electron chi connectivity index (χ4n) is 1.74.